The van der Waals surface area contributed by atoms with E-state index in [9.17, 15) is 4.79 Å². The Balaban J connectivity index is 1.72. The first kappa shape index (κ1) is 13.8. The van der Waals surface area contributed by atoms with Gasteiger partial charge < -0.3 is 14.0 Å². The van der Waals surface area contributed by atoms with Gasteiger partial charge in [-0.25, -0.2) is 0 Å². The van der Waals surface area contributed by atoms with Crippen LogP contribution < -0.4 is 5.56 Å². The normalized spacial score (nSPS) is 25.1. The number of hydrogen-bond donors (Lipinski definition) is 0. The summed E-state index contributed by atoms with van der Waals surface area (Å²) in [5.41, 5.74) is 1.11. The van der Waals surface area contributed by atoms with Crippen LogP contribution in [0.4, 0.5) is 0 Å². The van der Waals surface area contributed by atoms with Crippen LogP contribution in [0.2, 0.25) is 0 Å². The van der Waals surface area contributed by atoms with Crippen LogP contribution in [0, 0.1) is 0 Å². The molecule has 2 aliphatic heterocycles. The summed E-state index contributed by atoms with van der Waals surface area (Å²) in [7, 11) is 1.77. The summed E-state index contributed by atoms with van der Waals surface area (Å²) in [6, 6.07) is 4.06. The Hall–Kier alpha value is -1.17. The molecular formula is C15H22N2O3. The molecule has 3 heterocycles. The highest BCUT2D eigenvalue weighted by Crippen LogP contribution is 2.25. The van der Waals surface area contributed by atoms with E-state index in [0.29, 0.717) is 19.3 Å². The van der Waals surface area contributed by atoms with Gasteiger partial charge in [-0.05, 0) is 31.0 Å². The van der Waals surface area contributed by atoms with Gasteiger partial charge in [-0.15, -0.1) is 0 Å². The van der Waals surface area contributed by atoms with E-state index >= 15 is 0 Å². The minimum absolute atomic E-state index is 0.0458. The van der Waals surface area contributed by atoms with Gasteiger partial charge in [0.05, 0.1) is 19.3 Å². The summed E-state index contributed by atoms with van der Waals surface area (Å²) in [5.74, 6) is 0. The summed E-state index contributed by atoms with van der Waals surface area (Å²) >= 11 is 0. The second-order valence-electron chi connectivity index (χ2n) is 5.63. The molecule has 110 valence electrons. The van der Waals surface area contributed by atoms with Crippen LogP contribution in [0.3, 0.4) is 0 Å². The molecule has 0 amide bonds. The van der Waals surface area contributed by atoms with Crippen LogP contribution in [0.15, 0.2) is 23.1 Å². The van der Waals surface area contributed by atoms with Gasteiger partial charge in [0.2, 0.25) is 0 Å². The van der Waals surface area contributed by atoms with Crippen molar-refractivity contribution in [3.63, 3.8) is 0 Å². The van der Waals surface area contributed by atoms with Crippen molar-refractivity contribution in [1.82, 2.24) is 9.47 Å². The van der Waals surface area contributed by atoms with Crippen LogP contribution in [0.1, 0.15) is 24.8 Å². The van der Waals surface area contributed by atoms with Crippen LogP contribution in [0.5, 0.6) is 0 Å². The van der Waals surface area contributed by atoms with Crippen molar-refractivity contribution in [2.45, 2.75) is 38.1 Å². The predicted molar refractivity (Wildman–Crippen MR) is 75.4 cm³/mol. The zero-order valence-corrected chi connectivity index (χ0v) is 12.0. The highest BCUT2D eigenvalue weighted by atomic mass is 16.7. The Morgan fingerprint density at radius 2 is 2.10 bits per heavy atom. The molecule has 1 atom stereocenters. The number of hydrogen-bond acceptors (Lipinski definition) is 4. The molecule has 0 radical (unpaired) electrons. The van der Waals surface area contributed by atoms with Gasteiger partial charge >= 0.3 is 0 Å². The number of aromatic nitrogens is 1. The van der Waals surface area contributed by atoms with Crippen LogP contribution in [-0.4, -0.2) is 41.6 Å². The number of piperidine rings is 1. The molecule has 0 aromatic carbocycles. The minimum Gasteiger partial charge on any atom is -0.349 e. The molecule has 20 heavy (non-hydrogen) atoms. The molecule has 0 saturated carbocycles. The summed E-state index contributed by atoms with van der Waals surface area (Å²) in [4.78, 5) is 14.1. The van der Waals surface area contributed by atoms with Gasteiger partial charge in [-0.1, -0.05) is 6.42 Å². The monoisotopic (exact) mass is 278 g/mol. The SMILES string of the molecule is Cn1ccc(CN2CCCCC2C2OCCO2)cc1=O. The number of ether oxygens (including phenoxy) is 2. The van der Waals surface area contributed by atoms with Crippen molar-refractivity contribution < 1.29 is 9.47 Å². The third-order valence-corrected chi connectivity index (χ3v) is 4.18. The maximum absolute atomic E-state index is 11.7. The molecule has 0 aliphatic carbocycles. The van der Waals surface area contributed by atoms with Crippen LogP contribution in [0.25, 0.3) is 0 Å². The largest absolute Gasteiger partial charge is 0.349 e. The van der Waals surface area contributed by atoms with Crippen molar-refractivity contribution in [2.75, 3.05) is 19.8 Å². The van der Waals surface area contributed by atoms with E-state index in [2.05, 4.69) is 4.90 Å². The highest BCUT2D eigenvalue weighted by molar-refractivity contribution is 5.11. The molecule has 1 unspecified atom stereocenters. The van der Waals surface area contributed by atoms with E-state index in [1.807, 2.05) is 12.3 Å². The van der Waals surface area contributed by atoms with Crippen molar-refractivity contribution in [1.29, 1.82) is 0 Å². The van der Waals surface area contributed by atoms with Crippen molar-refractivity contribution in [2.24, 2.45) is 7.05 Å². The minimum atomic E-state index is -0.0955. The first-order valence-electron chi connectivity index (χ1n) is 7.37. The molecule has 5 nitrogen and oxygen atoms in total. The Labute approximate surface area is 119 Å². The Morgan fingerprint density at radius 1 is 1.30 bits per heavy atom. The lowest BCUT2D eigenvalue weighted by molar-refractivity contribution is -0.111. The Bertz CT molecular complexity index is 508. The molecular weight excluding hydrogens is 256 g/mol. The quantitative estimate of drug-likeness (QED) is 0.831. The summed E-state index contributed by atoms with van der Waals surface area (Å²) in [6.07, 6.45) is 5.27. The number of pyridine rings is 1. The fourth-order valence-corrected chi connectivity index (χ4v) is 3.04. The van der Waals surface area contributed by atoms with Gasteiger partial charge in [0.15, 0.2) is 6.29 Å². The van der Waals surface area contributed by atoms with Crippen molar-refractivity contribution in [3.8, 4) is 0 Å². The van der Waals surface area contributed by atoms with E-state index in [1.165, 1.54) is 12.8 Å². The van der Waals surface area contributed by atoms with E-state index in [0.717, 1.165) is 25.1 Å². The van der Waals surface area contributed by atoms with E-state index in [-0.39, 0.29) is 11.8 Å². The number of nitrogens with zero attached hydrogens (tertiary/aromatic N) is 2. The fraction of sp³-hybridized carbons (Fsp3) is 0.667. The first-order chi connectivity index (χ1) is 9.74. The van der Waals surface area contributed by atoms with Gasteiger partial charge in [0, 0.05) is 25.9 Å². The van der Waals surface area contributed by atoms with Gasteiger partial charge in [0.25, 0.3) is 5.56 Å². The molecule has 2 aliphatic rings. The average molecular weight is 278 g/mol. The molecule has 2 saturated heterocycles. The van der Waals surface area contributed by atoms with Gasteiger partial charge in [-0.2, -0.15) is 0 Å². The molecule has 1 aromatic rings. The zero-order valence-electron chi connectivity index (χ0n) is 12.0. The van der Waals surface area contributed by atoms with E-state index in [4.69, 9.17) is 9.47 Å². The molecule has 0 spiro atoms. The molecule has 1 aromatic heterocycles. The third kappa shape index (κ3) is 2.95. The van der Waals surface area contributed by atoms with E-state index in [1.54, 1.807) is 17.7 Å². The summed E-state index contributed by atoms with van der Waals surface area (Å²) < 4.78 is 12.9. The fourth-order valence-electron chi connectivity index (χ4n) is 3.04. The smallest absolute Gasteiger partial charge is 0.250 e. The van der Waals surface area contributed by atoms with Crippen LogP contribution >= 0.6 is 0 Å². The molecule has 5 heteroatoms. The Kier molecular flexibility index (Phi) is 4.19. The highest BCUT2D eigenvalue weighted by Gasteiger charge is 2.33. The van der Waals surface area contributed by atoms with E-state index < -0.39 is 0 Å². The number of aryl methyl sites for hydroxylation is 1. The van der Waals surface area contributed by atoms with Gasteiger partial charge in [0.1, 0.15) is 0 Å². The first-order valence-corrected chi connectivity index (χ1v) is 7.37. The molecule has 0 bridgehead atoms. The van der Waals surface area contributed by atoms with Gasteiger partial charge in [-0.3, -0.25) is 9.69 Å². The average Bonchev–Trinajstić information content (AvgIpc) is 2.97. The lowest BCUT2D eigenvalue weighted by atomic mass is 10.0. The standard InChI is InChI=1S/C15H22N2O3/c1-16-7-5-12(10-14(16)18)11-17-6-3-2-4-13(17)15-19-8-9-20-15/h5,7,10,13,15H,2-4,6,8-9,11H2,1H3. The maximum atomic E-state index is 11.7. The lowest BCUT2D eigenvalue weighted by Gasteiger charge is -2.38. The summed E-state index contributed by atoms with van der Waals surface area (Å²) in [5, 5.41) is 0. The topological polar surface area (TPSA) is 43.7 Å². The Morgan fingerprint density at radius 3 is 2.85 bits per heavy atom. The molecule has 0 N–H and O–H groups in total. The number of rotatable bonds is 3. The zero-order chi connectivity index (χ0) is 13.9. The summed E-state index contributed by atoms with van der Waals surface area (Å²) in [6.45, 7) is 3.23. The number of likely N-dealkylation sites (tertiary alicyclic amines) is 1. The van der Waals surface area contributed by atoms with Crippen molar-refractivity contribution in [3.05, 3.63) is 34.2 Å². The maximum Gasteiger partial charge on any atom is 0.250 e. The van der Waals surface area contributed by atoms with Crippen molar-refractivity contribution >= 4 is 0 Å². The predicted octanol–water partition coefficient (Wildman–Crippen LogP) is 1.11. The lowest BCUT2D eigenvalue weighted by Crippen LogP contribution is -2.46. The molecule has 2 fully saturated rings. The molecule has 3 rings (SSSR count). The van der Waals surface area contributed by atoms with Crippen LogP contribution in [-0.2, 0) is 23.1 Å². The third-order valence-electron chi connectivity index (χ3n) is 4.18. The second kappa shape index (κ2) is 6.08. The second-order valence-corrected chi connectivity index (χ2v) is 5.63.